The van der Waals surface area contributed by atoms with Crippen LogP contribution < -0.4 is 4.90 Å². The summed E-state index contributed by atoms with van der Waals surface area (Å²) >= 11 is 0. The number of carbonyl (C=O) groups is 2. The third-order valence-corrected chi connectivity index (χ3v) is 5.84. The van der Waals surface area contributed by atoms with Crippen molar-refractivity contribution in [2.45, 2.75) is 19.0 Å². The SMILES string of the molecule is C=C1c2ccccc2C(=O)N1CCC(=O)N1CCCN(c2ccc(C(F)(F)F)cn2)CC1. The third-order valence-electron chi connectivity index (χ3n) is 5.84. The van der Waals surface area contributed by atoms with E-state index in [0.29, 0.717) is 49.7 Å². The maximum absolute atomic E-state index is 12.8. The fourth-order valence-electron chi connectivity index (χ4n) is 4.07. The minimum absolute atomic E-state index is 0.0659. The molecule has 0 spiro atoms. The van der Waals surface area contributed by atoms with Crippen LogP contribution >= 0.6 is 0 Å². The number of nitrogens with zero attached hydrogens (tertiary/aromatic N) is 4. The molecule has 0 saturated carbocycles. The first kappa shape index (κ1) is 21.9. The van der Waals surface area contributed by atoms with Gasteiger partial charge in [-0.2, -0.15) is 13.2 Å². The van der Waals surface area contributed by atoms with Crippen molar-refractivity contribution in [3.63, 3.8) is 0 Å². The van der Waals surface area contributed by atoms with Crippen molar-refractivity contribution in [1.82, 2.24) is 14.8 Å². The van der Waals surface area contributed by atoms with E-state index in [1.54, 1.807) is 21.9 Å². The number of amides is 2. The number of hydrogen-bond donors (Lipinski definition) is 0. The van der Waals surface area contributed by atoms with Gasteiger partial charge in [-0.15, -0.1) is 0 Å². The number of aromatic nitrogens is 1. The van der Waals surface area contributed by atoms with Gasteiger partial charge < -0.3 is 14.7 Å². The van der Waals surface area contributed by atoms with Crippen LogP contribution in [0.1, 0.15) is 34.3 Å². The molecular formula is C23H23F3N4O2. The Kier molecular flexibility index (Phi) is 5.90. The molecule has 1 saturated heterocycles. The lowest BCUT2D eigenvalue weighted by Gasteiger charge is -2.24. The van der Waals surface area contributed by atoms with Crippen LogP contribution in [0.5, 0.6) is 0 Å². The van der Waals surface area contributed by atoms with Crippen LogP contribution in [0.25, 0.3) is 5.70 Å². The number of rotatable bonds is 4. The zero-order valence-corrected chi connectivity index (χ0v) is 17.4. The third kappa shape index (κ3) is 4.32. The van der Waals surface area contributed by atoms with Gasteiger partial charge in [0.2, 0.25) is 5.91 Å². The Morgan fingerprint density at radius 3 is 2.44 bits per heavy atom. The quantitative estimate of drug-likeness (QED) is 0.723. The predicted molar refractivity (Wildman–Crippen MR) is 114 cm³/mol. The summed E-state index contributed by atoms with van der Waals surface area (Å²) in [5.74, 6) is 0.252. The molecule has 2 aromatic rings. The van der Waals surface area contributed by atoms with Crippen LogP contribution in [0.4, 0.5) is 19.0 Å². The first-order chi connectivity index (χ1) is 15.3. The Labute approximate surface area is 183 Å². The fraction of sp³-hybridized carbons (Fsp3) is 0.348. The van der Waals surface area contributed by atoms with Crippen molar-refractivity contribution in [2.24, 2.45) is 0 Å². The Balaban J connectivity index is 1.32. The van der Waals surface area contributed by atoms with Gasteiger partial charge in [0.25, 0.3) is 5.91 Å². The second-order valence-corrected chi connectivity index (χ2v) is 7.82. The molecule has 2 aliphatic rings. The summed E-state index contributed by atoms with van der Waals surface area (Å²) in [6, 6.07) is 9.63. The van der Waals surface area contributed by atoms with Gasteiger partial charge in [0, 0.05) is 62.2 Å². The highest BCUT2D eigenvalue weighted by atomic mass is 19.4. The highest BCUT2D eigenvalue weighted by Gasteiger charge is 2.32. The van der Waals surface area contributed by atoms with Crippen LogP contribution in [0.2, 0.25) is 0 Å². The normalized spacial score (nSPS) is 16.9. The number of fused-ring (bicyclic) bond motifs is 1. The van der Waals surface area contributed by atoms with E-state index in [1.807, 2.05) is 17.0 Å². The van der Waals surface area contributed by atoms with E-state index in [0.717, 1.165) is 17.8 Å². The van der Waals surface area contributed by atoms with Gasteiger partial charge in [0.1, 0.15) is 5.82 Å². The van der Waals surface area contributed by atoms with Gasteiger partial charge in [-0.1, -0.05) is 24.8 Å². The Hall–Kier alpha value is -3.36. The molecule has 6 nitrogen and oxygen atoms in total. The average Bonchev–Trinajstić information content (AvgIpc) is 2.94. The van der Waals surface area contributed by atoms with Gasteiger partial charge in [-0.05, 0) is 24.6 Å². The molecule has 0 bridgehead atoms. The molecule has 3 heterocycles. The lowest BCUT2D eigenvalue weighted by Crippen LogP contribution is -2.37. The predicted octanol–water partition coefficient (Wildman–Crippen LogP) is 3.66. The molecule has 1 aromatic heterocycles. The molecule has 1 aromatic carbocycles. The first-order valence-electron chi connectivity index (χ1n) is 10.4. The molecule has 0 aliphatic carbocycles. The van der Waals surface area contributed by atoms with Crippen LogP contribution in [-0.2, 0) is 11.0 Å². The van der Waals surface area contributed by atoms with E-state index in [9.17, 15) is 22.8 Å². The number of halogens is 3. The molecular weight excluding hydrogens is 421 g/mol. The zero-order valence-electron chi connectivity index (χ0n) is 17.4. The molecule has 2 amide bonds. The number of benzene rings is 1. The van der Waals surface area contributed by atoms with Crippen molar-refractivity contribution in [2.75, 3.05) is 37.6 Å². The lowest BCUT2D eigenvalue weighted by molar-refractivity contribution is -0.137. The second kappa shape index (κ2) is 8.64. The summed E-state index contributed by atoms with van der Waals surface area (Å²) in [4.78, 5) is 34.5. The summed E-state index contributed by atoms with van der Waals surface area (Å²) in [6.45, 7) is 6.31. The molecule has 4 rings (SSSR count). The van der Waals surface area contributed by atoms with Gasteiger partial charge in [-0.25, -0.2) is 4.98 Å². The number of anilines is 1. The zero-order chi connectivity index (χ0) is 22.9. The number of pyridine rings is 1. The van der Waals surface area contributed by atoms with Crippen molar-refractivity contribution in [1.29, 1.82) is 0 Å². The minimum Gasteiger partial charge on any atom is -0.355 e. The summed E-state index contributed by atoms with van der Waals surface area (Å²) < 4.78 is 38.2. The van der Waals surface area contributed by atoms with E-state index in [1.165, 1.54) is 6.07 Å². The summed E-state index contributed by atoms with van der Waals surface area (Å²) in [7, 11) is 0. The van der Waals surface area contributed by atoms with Crippen LogP contribution in [-0.4, -0.2) is 59.3 Å². The molecule has 168 valence electrons. The molecule has 9 heteroatoms. The maximum Gasteiger partial charge on any atom is 0.417 e. The van der Waals surface area contributed by atoms with Gasteiger partial charge in [0.05, 0.1) is 5.56 Å². The number of hydrogen-bond acceptors (Lipinski definition) is 4. The molecule has 0 atom stereocenters. The van der Waals surface area contributed by atoms with E-state index >= 15 is 0 Å². The topological polar surface area (TPSA) is 56.8 Å². The van der Waals surface area contributed by atoms with E-state index < -0.39 is 11.7 Å². The molecule has 0 radical (unpaired) electrons. The van der Waals surface area contributed by atoms with Crippen LogP contribution in [0.3, 0.4) is 0 Å². The fourth-order valence-corrected chi connectivity index (χ4v) is 4.07. The largest absolute Gasteiger partial charge is 0.417 e. The van der Waals surface area contributed by atoms with Gasteiger partial charge in [-0.3, -0.25) is 9.59 Å². The smallest absolute Gasteiger partial charge is 0.355 e. The molecule has 1 fully saturated rings. The maximum atomic E-state index is 12.8. The molecule has 0 unspecified atom stereocenters. The average molecular weight is 444 g/mol. The van der Waals surface area contributed by atoms with Crippen molar-refractivity contribution < 1.29 is 22.8 Å². The van der Waals surface area contributed by atoms with Gasteiger partial charge in [0.15, 0.2) is 0 Å². The Morgan fingerprint density at radius 1 is 1.03 bits per heavy atom. The molecule has 0 N–H and O–H groups in total. The standard InChI is InChI=1S/C23H23F3N4O2/c1-16-18-5-2-3-6-19(18)22(32)30(16)12-9-21(31)29-11-4-10-28(13-14-29)20-8-7-17(15-27-20)23(24,25)26/h2-3,5-8,15H,1,4,9-14H2. The van der Waals surface area contributed by atoms with E-state index in [2.05, 4.69) is 11.6 Å². The molecule has 32 heavy (non-hydrogen) atoms. The molecule has 2 aliphatic heterocycles. The van der Waals surface area contributed by atoms with Crippen molar-refractivity contribution in [3.8, 4) is 0 Å². The monoisotopic (exact) mass is 444 g/mol. The van der Waals surface area contributed by atoms with Crippen molar-refractivity contribution in [3.05, 3.63) is 65.9 Å². The number of alkyl halides is 3. The Bertz CT molecular complexity index is 1000. The second-order valence-electron chi connectivity index (χ2n) is 7.82. The summed E-state index contributed by atoms with van der Waals surface area (Å²) in [6.07, 6.45) is -2.73. The summed E-state index contributed by atoms with van der Waals surface area (Å²) in [5, 5.41) is 0. The van der Waals surface area contributed by atoms with Crippen molar-refractivity contribution >= 4 is 23.3 Å². The highest BCUT2D eigenvalue weighted by Crippen LogP contribution is 2.31. The van der Waals surface area contributed by atoms with E-state index in [-0.39, 0.29) is 24.8 Å². The summed E-state index contributed by atoms with van der Waals surface area (Å²) in [5.41, 5.74) is 1.21. The Morgan fingerprint density at radius 2 is 1.78 bits per heavy atom. The lowest BCUT2D eigenvalue weighted by atomic mass is 10.1. The minimum atomic E-state index is -4.42. The first-order valence-corrected chi connectivity index (χ1v) is 10.4. The van der Waals surface area contributed by atoms with Crippen LogP contribution in [0, 0.1) is 0 Å². The number of carbonyl (C=O) groups excluding carboxylic acids is 2. The van der Waals surface area contributed by atoms with Gasteiger partial charge >= 0.3 is 6.18 Å². The van der Waals surface area contributed by atoms with E-state index in [4.69, 9.17) is 0 Å². The van der Waals surface area contributed by atoms with Crippen LogP contribution in [0.15, 0.2) is 49.2 Å². The highest BCUT2D eigenvalue weighted by molar-refractivity contribution is 6.08.